The summed E-state index contributed by atoms with van der Waals surface area (Å²) in [5.41, 5.74) is 61.5. The number of nitrogens with zero attached hydrogens (tertiary/aromatic N) is 13. The summed E-state index contributed by atoms with van der Waals surface area (Å²) in [4.78, 5) is 70.7. The molecule has 32 heteroatoms. The lowest BCUT2D eigenvalue weighted by Crippen LogP contribution is -2.27. The zero-order chi connectivity index (χ0) is 56.3. The van der Waals surface area contributed by atoms with E-state index in [4.69, 9.17) is 63.1 Å². The van der Waals surface area contributed by atoms with Crippen molar-refractivity contribution in [1.29, 1.82) is 0 Å². The third kappa shape index (κ3) is 9.90. The van der Waals surface area contributed by atoms with Crippen LogP contribution >= 0.6 is 0 Å². The standard InChI is InChI=1S/C10H16N4O2.C8H14N4O.2C7H12N4O.C7H10N4O.C6H10N4O2/c11-8-9(12-5-2-7(15)6-12)13-3-1-4-14(13)10(8)16;1-8(2)3-11-6(10)5(9)7(13)12(11)4-8;1-4-2-10-6(9)5(8)7(12)11(10)3-4;2*8-5-6(9)10-3-1-2-4-11(10)7(5)12;7-4-5(8)9-1-3(11)2-10(9)6(4)12/h7,15H,1-6,11H2;3-4,9-10H2,1-2H3;4H,2-3,8-9H2,1H3;1-4,8-9H2;1-2H,3-4,8-9H2;3,11H,1-2,7-8H2. The third-order valence-electron chi connectivity index (χ3n) is 14.6. The van der Waals surface area contributed by atoms with Crippen LogP contribution < -0.4 is 101 Å². The normalized spacial score (nSPS) is 19.6. The van der Waals surface area contributed by atoms with Crippen LogP contribution in [-0.4, -0.2) is 91.7 Å². The summed E-state index contributed by atoms with van der Waals surface area (Å²) in [6, 6.07) is 0. The number of aliphatic hydroxyl groups is 2. The van der Waals surface area contributed by atoms with E-state index in [1.165, 1.54) is 14.0 Å². The van der Waals surface area contributed by atoms with E-state index in [1.807, 2.05) is 21.7 Å². The molecule has 0 aliphatic carbocycles. The Morgan fingerprint density at radius 1 is 0.403 bits per heavy atom. The lowest BCUT2D eigenvalue weighted by Gasteiger charge is -2.19. The maximum absolute atomic E-state index is 11.8. The van der Waals surface area contributed by atoms with E-state index in [2.05, 4.69) is 20.8 Å². The Balaban J connectivity index is 0.000000123. The molecule has 0 bridgehead atoms. The van der Waals surface area contributed by atoms with Crippen molar-refractivity contribution in [2.24, 2.45) is 11.3 Å². The van der Waals surface area contributed by atoms with Crippen LogP contribution in [0.4, 0.5) is 69.0 Å². The Morgan fingerprint density at radius 2 is 0.792 bits per heavy atom. The molecule has 13 heterocycles. The molecule has 6 aromatic rings. The average molecular weight is 1080 g/mol. The highest BCUT2D eigenvalue weighted by molar-refractivity contribution is 5.64. The van der Waals surface area contributed by atoms with Crippen molar-refractivity contribution in [3.63, 3.8) is 0 Å². The van der Waals surface area contributed by atoms with Gasteiger partial charge in [0.15, 0.2) is 5.82 Å². The first-order valence-electron chi connectivity index (χ1n) is 25.3. The van der Waals surface area contributed by atoms with Crippen LogP contribution in [0.5, 0.6) is 0 Å². The number of fused-ring (bicyclic) bond motifs is 6. The highest BCUT2D eigenvalue weighted by Gasteiger charge is 2.33. The number of allylic oxidation sites excluding steroid dienone is 2. The maximum Gasteiger partial charge on any atom is 0.292 e. The minimum Gasteiger partial charge on any atom is -0.391 e. The van der Waals surface area contributed by atoms with Crippen molar-refractivity contribution in [1.82, 2.24) is 56.2 Å². The number of nitrogen functional groups attached to an aromatic ring is 11. The lowest BCUT2D eigenvalue weighted by atomic mass is 9.95. The first-order valence-corrected chi connectivity index (χ1v) is 25.3. The predicted octanol–water partition coefficient (Wildman–Crippen LogP) is -4.29. The van der Waals surface area contributed by atoms with Crippen LogP contribution in [0.3, 0.4) is 0 Å². The number of aromatic nitrogens is 12. The molecule has 3 unspecified atom stereocenters. The molecule has 13 rings (SSSR count). The molecular weight excluding hydrogens is 1000 g/mol. The quantitative estimate of drug-likeness (QED) is 0.0693. The molecule has 1 saturated heterocycles. The van der Waals surface area contributed by atoms with Crippen molar-refractivity contribution in [3.05, 3.63) is 74.3 Å². The van der Waals surface area contributed by atoms with Gasteiger partial charge in [-0.15, -0.1) is 0 Å². The summed E-state index contributed by atoms with van der Waals surface area (Å²) >= 11 is 0. The number of aliphatic hydroxyl groups excluding tert-OH is 2. The second-order valence-corrected chi connectivity index (χ2v) is 21.0. The van der Waals surface area contributed by atoms with Gasteiger partial charge in [-0.3, -0.25) is 56.9 Å². The summed E-state index contributed by atoms with van der Waals surface area (Å²) in [6.45, 7) is 15.5. The van der Waals surface area contributed by atoms with Crippen LogP contribution in [0.2, 0.25) is 0 Å². The molecule has 6 aromatic heterocycles. The molecule has 32 nitrogen and oxygen atoms in total. The molecule has 0 spiro atoms. The first-order chi connectivity index (χ1) is 36.3. The van der Waals surface area contributed by atoms with Gasteiger partial charge in [-0.05, 0) is 31.6 Å². The molecule has 0 radical (unpaired) electrons. The van der Waals surface area contributed by atoms with Crippen molar-refractivity contribution >= 4 is 69.0 Å². The molecular formula is C45H74N24O8. The van der Waals surface area contributed by atoms with Gasteiger partial charge in [-0.25, -0.2) is 28.1 Å². The molecule has 0 amide bonds. The fourth-order valence-corrected chi connectivity index (χ4v) is 10.6. The van der Waals surface area contributed by atoms with Gasteiger partial charge in [0.1, 0.15) is 63.2 Å². The SMILES string of the molecule is CC1(C)Cn2c(N)c(N)c(=O)n2C1.CC1Cn2c(N)c(N)c(=O)n2C1.Nc1c(N)n2n(c1=O)CC(O)C2.Nc1c(N)n2n(c1=O)CC=CC2.Nc1c(N)n2n(c1=O)CCCC2.Nc1c(N2CCC(O)C2)n2n(c1=O)CCC2. The number of rotatable bonds is 1. The number of anilines is 12. The Morgan fingerprint density at radius 3 is 1.31 bits per heavy atom. The molecule has 0 saturated carbocycles. The highest BCUT2D eigenvalue weighted by Crippen LogP contribution is 2.30. The monoisotopic (exact) mass is 1080 g/mol. The van der Waals surface area contributed by atoms with E-state index in [9.17, 15) is 39.0 Å². The van der Waals surface area contributed by atoms with Gasteiger partial charge in [0.25, 0.3) is 33.4 Å². The molecule has 3 atom stereocenters. The number of hydrogen-bond acceptors (Lipinski definition) is 20. The van der Waals surface area contributed by atoms with Gasteiger partial charge in [-0.1, -0.05) is 32.9 Å². The summed E-state index contributed by atoms with van der Waals surface area (Å²) in [5.74, 6) is 3.11. The van der Waals surface area contributed by atoms with E-state index >= 15 is 0 Å². The minimum absolute atomic E-state index is 0.0712. The van der Waals surface area contributed by atoms with E-state index in [1.54, 1.807) is 37.5 Å². The van der Waals surface area contributed by atoms with E-state index < -0.39 is 6.10 Å². The molecule has 7 aliphatic rings. The molecule has 0 aromatic carbocycles. The average Bonchev–Trinajstić information content (AvgIpc) is 4.37. The third-order valence-corrected chi connectivity index (χ3v) is 14.6. The zero-order valence-electron chi connectivity index (χ0n) is 43.6. The molecule has 1 fully saturated rings. The highest BCUT2D eigenvalue weighted by atomic mass is 16.3. The van der Waals surface area contributed by atoms with Crippen molar-refractivity contribution in [3.8, 4) is 0 Å². The van der Waals surface area contributed by atoms with Gasteiger partial charge in [-0.2, -0.15) is 0 Å². The van der Waals surface area contributed by atoms with Crippen LogP contribution in [0.15, 0.2) is 40.9 Å². The first kappa shape index (κ1) is 54.6. The van der Waals surface area contributed by atoms with Crippen molar-refractivity contribution in [2.45, 2.75) is 137 Å². The van der Waals surface area contributed by atoms with Gasteiger partial charge < -0.3 is 78.2 Å². The van der Waals surface area contributed by atoms with E-state index in [-0.39, 0.29) is 85.7 Å². The fourth-order valence-electron chi connectivity index (χ4n) is 10.6. The van der Waals surface area contributed by atoms with Crippen molar-refractivity contribution < 1.29 is 10.2 Å². The lowest BCUT2D eigenvalue weighted by molar-refractivity contribution is 0.170. The van der Waals surface area contributed by atoms with Gasteiger partial charge in [0.05, 0.1) is 38.4 Å². The van der Waals surface area contributed by atoms with E-state index in [0.29, 0.717) is 67.6 Å². The predicted molar refractivity (Wildman–Crippen MR) is 295 cm³/mol. The smallest absolute Gasteiger partial charge is 0.292 e. The zero-order valence-corrected chi connectivity index (χ0v) is 43.6. The molecule has 422 valence electrons. The van der Waals surface area contributed by atoms with Crippen LogP contribution in [-0.2, 0) is 78.5 Å². The molecule has 7 aliphatic heterocycles. The van der Waals surface area contributed by atoms with Gasteiger partial charge in [0, 0.05) is 70.9 Å². The largest absolute Gasteiger partial charge is 0.391 e. The van der Waals surface area contributed by atoms with Crippen molar-refractivity contribution in [2.75, 3.05) is 81.1 Å². The van der Waals surface area contributed by atoms with Gasteiger partial charge in [0.2, 0.25) is 0 Å². The summed E-state index contributed by atoms with van der Waals surface area (Å²) in [6.07, 6.45) is 6.88. The fraction of sp³-hybridized carbons (Fsp3) is 0.556. The topological polar surface area (TPSA) is 492 Å². The molecule has 77 heavy (non-hydrogen) atoms. The minimum atomic E-state index is -0.527. The summed E-state index contributed by atoms with van der Waals surface area (Å²) < 4.78 is 19.8. The van der Waals surface area contributed by atoms with Crippen LogP contribution in [0, 0.1) is 11.3 Å². The van der Waals surface area contributed by atoms with Gasteiger partial charge >= 0.3 is 0 Å². The second-order valence-electron chi connectivity index (χ2n) is 21.0. The van der Waals surface area contributed by atoms with Crippen LogP contribution in [0.25, 0.3) is 0 Å². The number of hydrogen-bond donors (Lipinski definition) is 13. The number of nitrogens with two attached hydrogens (primary N) is 11. The summed E-state index contributed by atoms with van der Waals surface area (Å²) in [5, 5.41) is 18.7. The maximum atomic E-state index is 11.8. The van der Waals surface area contributed by atoms with Crippen LogP contribution in [0.1, 0.15) is 46.5 Å². The Bertz CT molecular complexity index is 3540. The van der Waals surface area contributed by atoms with E-state index in [0.717, 1.165) is 83.9 Å². The summed E-state index contributed by atoms with van der Waals surface area (Å²) in [7, 11) is 0. The Hall–Kier alpha value is -8.68. The Labute approximate surface area is 438 Å². The Kier molecular flexibility index (Phi) is 14.7. The number of β-amino-alcohol motifs (C(OH)–C–C–N with tert-alkyl or cyclic N) is 1. The second kappa shape index (κ2) is 20.8. The molecule has 24 N–H and O–H groups in total.